The van der Waals surface area contributed by atoms with E-state index in [0.717, 1.165) is 18.2 Å². The number of rotatable bonds is 4. The third-order valence-corrected chi connectivity index (χ3v) is 4.27. The Morgan fingerprint density at radius 3 is 2.83 bits per heavy atom. The van der Waals surface area contributed by atoms with Crippen LogP contribution in [0, 0.1) is 0 Å². The average Bonchev–Trinajstić information content (AvgIpc) is 3.09. The van der Waals surface area contributed by atoms with Crippen LogP contribution in [0.3, 0.4) is 0 Å². The zero-order chi connectivity index (χ0) is 16.4. The van der Waals surface area contributed by atoms with Crippen LogP contribution in [0.1, 0.15) is 25.7 Å². The molecule has 7 heteroatoms. The molecule has 1 saturated carbocycles. The maximum absolute atomic E-state index is 12.3. The summed E-state index contributed by atoms with van der Waals surface area (Å²) in [6.45, 7) is 0. The number of anilines is 3. The first-order chi connectivity index (χ1) is 11.8. The van der Waals surface area contributed by atoms with Gasteiger partial charge in [0.15, 0.2) is 0 Å². The first-order valence-electron chi connectivity index (χ1n) is 8.11. The van der Waals surface area contributed by atoms with Gasteiger partial charge >= 0.3 is 0 Å². The van der Waals surface area contributed by atoms with Gasteiger partial charge in [-0.05, 0) is 30.4 Å². The van der Waals surface area contributed by atoms with E-state index in [-0.39, 0.29) is 5.56 Å². The van der Waals surface area contributed by atoms with Crippen LogP contribution < -0.4 is 16.2 Å². The lowest BCUT2D eigenvalue weighted by molar-refractivity contribution is 0.752. The van der Waals surface area contributed by atoms with Crippen molar-refractivity contribution in [1.82, 2.24) is 19.9 Å². The molecule has 0 amide bonds. The minimum atomic E-state index is -0.133. The predicted molar refractivity (Wildman–Crippen MR) is 93.6 cm³/mol. The molecule has 1 fully saturated rings. The average molecular weight is 322 g/mol. The molecule has 0 aliphatic heterocycles. The van der Waals surface area contributed by atoms with Crippen LogP contribution in [-0.4, -0.2) is 26.0 Å². The normalized spacial score (nSPS) is 14.8. The number of nitrogens with one attached hydrogen (secondary N) is 3. The van der Waals surface area contributed by atoms with Crippen LogP contribution in [0.5, 0.6) is 0 Å². The molecule has 0 spiro atoms. The summed E-state index contributed by atoms with van der Waals surface area (Å²) < 4.78 is 0. The molecule has 0 unspecified atom stereocenters. The van der Waals surface area contributed by atoms with Crippen LogP contribution in [-0.2, 0) is 0 Å². The van der Waals surface area contributed by atoms with E-state index in [0.29, 0.717) is 28.9 Å². The van der Waals surface area contributed by atoms with E-state index in [2.05, 4.69) is 30.6 Å². The monoisotopic (exact) mass is 322 g/mol. The Balaban J connectivity index is 1.76. The molecule has 0 aromatic carbocycles. The Bertz CT molecular complexity index is 902. The summed E-state index contributed by atoms with van der Waals surface area (Å²) in [4.78, 5) is 27.8. The largest absolute Gasteiger partial charge is 0.367 e. The highest BCUT2D eigenvalue weighted by molar-refractivity contribution is 5.93. The molecule has 0 saturated heterocycles. The van der Waals surface area contributed by atoms with Gasteiger partial charge in [0.2, 0.25) is 0 Å². The van der Waals surface area contributed by atoms with Crippen molar-refractivity contribution in [2.45, 2.75) is 31.7 Å². The van der Waals surface area contributed by atoms with Crippen LogP contribution in [0.2, 0.25) is 0 Å². The molecule has 0 bridgehead atoms. The van der Waals surface area contributed by atoms with E-state index < -0.39 is 0 Å². The van der Waals surface area contributed by atoms with Crippen molar-refractivity contribution in [2.75, 3.05) is 10.6 Å². The topological polar surface area (TPSA) is 95.6 Å². The Hall–Kier alpha value is -2.96. The number of hydrogen-bond acceptors (Lipinski definition) is 6. The standard InChI is InChI=1S/C17H18N6O/c24-17-15-11(5-6-20-17)9-13(22-14-10-18-7-8-19-14)23-16(15)21-12-3-1-2-4-12/h5-10,12H,1-4H2,(H,20,24)(H2,19,21,22,23). The molecule has 1 aliphatic rings. The van der Waals surface area contributed by atoms with Gasteiger partial charge in [0.05, 0.1) is 11.6 Å². The molecule has 1 aliphatic carbocycles. The summed E-state index contributed by atoms with van der Waals surface area (Å²) in [6.07, 6.45) is 11.2. The molecule has 4 rings (SSSR count). The number of pyridine rings is 2. The number of nitrogens with zero attached hydrogens (tertiary/aromatic N) is 3. The second-order valence-corrected chi connectivity index (χ2v) is 5.97. The molecule has 7 nitrogen and oxygen atoms in total. The van der Waals surface area contributed by atoms with Crippen molar-refractivity contribution < 1.29 is 0 Å². The highest BCUT2D eigenvalue weighted by Gasteiger charge is 2.18. The minimum absolute atomic E-state index is 0.133. The zero-order valence-electron chi connectivity index (χ0n) is 13.1. The Labute approximate surface area is 138 Å². The molecular weight excluding hydrogens is 304 g/mol. The first-order valence-corrected chi connectivity index (χ1v) is 8.11. The summed E-state index contributed by atoms with van der Waals surface area (Å²) in [5, 5.41) is 8.01. The minimum Gasteiger partial charge on any atom is -0.367 e. The molecule has 3 heterocycles. The first kappa shape index (κ1) is 14.6. The van der Waals surface area contributed by atoms with Crippen molar-refractivity contribution in [3.63, 3.8) is 0 Å². The van der Waals surface area contributed by atoms with Gasteiger partial charge in [-0.1, -0.05) is 12.8 Å². The lowest BCUT2D eigenvalue weighted by atomic mass is 10.2. The zero-order valence-corrected chi connectivity index (χ0v) is 13.1. The Morgan fingerprint density at radius 2 is 2.04 bits per heavy atom. The molecule has 0 atom stereocenters. The third-order valence-electron chi connectivity index (χ3n) is 4.27. The van der Waals surface area contributed by atoms with E-state index in [1.165, 1.54) is 12.8 Å². The predicted octanol–water partition coefficient (Wildman–Crippen LogP) is 2.81. The van der Waals surface area contributed by atoms with Gasteiger partial charge < -0.3 is 15.6 Å². The molecule has 24 heavy (non-hydrogen) atoms. The SMILES string of the molecule is O=c1[nH]ccc2cc(Nc3cnccn3)nc(NC3CCCC3)c12. The number of aromatic amines is 1. The lowest BCUT2D eigenvalue weighted by Crippen LogP contribution is -2.18. The van der Waals surface area contributed by atoms with Gasteiger partial charge in [-0.25, -0.2) is 9.97 Å². The summed E-state index contributed by atoms with van der Waals surface area (Å²) in [6, 6.07) is 4.09. The van der Waals surface area contributed by atoms with E-state index in [4.69, 9.17) is 0 Å². The molecule has 0 radical (unpaired) electrons. The second kappa shape index (κ2) is 6.27. The van der Waals surface area contributed by atoms with Crippen LogP contribution in [0.25, 0.3) is 10.8 Å². The van der Waals surface area contributed by atoms with Crippen molar-refractivity contribution in [2.24, 2.45) is 0 Å². The maximum Gasteiger partial charge on any atom is 0.259 e. The van der Waals surface area contributed by atoms with Gasteiger partial charge in [-0.15, -0.1) is 0 Å². The smallest absolute Gasteiger partial charge is 0.259 e. The highest BCUT2D eigenvalue weighted by atomic mass is 16.1. The van der Waals surface area contributed by atoms with E-state index in [1.807, 2.05) is 12.1 Å². The Kier molecular flexibility index (Phi) is 3.82. The number of H-pyrrole nitrogens is 1. The quantitative estimate of drug-likeness (QED) is 0.683. The molecule has 3 aromatic rings. The van der Waals surface area contributed by atoms with Crippen molar-refractivity contribution in [3.8, 4) is 0 Å². The van der Waals surface area contributed by atoms with Crippen LogP contribution in [0.15, 0.2) is 41.7 Å². The van der Waals surface area contributed by atoms with E-state index in [9.17, 15) is 4.79 Å². The highest BCUT2D eigenvalue weighted by Crippen LogP contribution is 2.27. The number of aromatic nitrogens is 4. The molecule has 3 N–H and O–H groups in total. The summed E-state index contributed by atoms with van der Waals surface area (Å²) in [7, 11) is 0. The lowest BCUT2D eigenvalue weighted by Gasteiger charge is -2.16. The molecule has 122 valence electrons. The fraction of sp³-hybridized carbons (Fsp3) is 0.294. The number of fused-ring (bicyclic) bond motifs is 1. The van der Waals surface area contributed by atoms with Gasteiger partial charge in [0, 0.05) is 24.6 Å². The summed E-state index contributed by atoms with van der Waals surface area (Å²) in [5.41, 5.74) is -0.133. The van der Waals surface area contributed by atoms with E-state index in [1.54, 1.807) is 24.8 Å². The van der Waals surface area contributed by atoms with Gasteiger partial charge in [-0.2, -0.15) is 0 Å². The fourth-order valence-corrected chi connectivity index (χ4v) is 3.14. The second-order valence-electron chi connectivity index (χ2n) is 5.97. The number of hydrogen-bond donors (Lipinski definition) is 3. The summed E-state index contributed by atoms with van der Waals surface area (Å²) in [5.74, 6) is 1.86. The summed E-state index contributed by atoms with van der Waals surface area (Å²) >= 11 is 0. The van der Waals surface area contributed by atoms with Crippen molar-refractivity contribution in [3.05, 3.63) is 47.3 Å². The fourth-order valence-electron chi connectivity index (χ4n) is 3.14. The van der Waals surface area contributed by atoms with Gasteiger partial charge in [-0.3, -0.25) is 9.78 Å². The van der Waals surface area contributed by atoms with Gasteiger partial charge in [0.25, 0.3) is 5.56 Å². The van der Waals surface area contributed by atoms with Crippen LogP contribution in [0.4, 0.5) is 17.5 Å². The van der Waals surface area contributed by atoms with Crippen molar-refractivity contribution >= 4 is 28.2 Å². The van der Waals surface area contributed by atoms with Gasteiger partial charge in [0.1, 0.15) is 17.5 Å². The molecule has 3 aromatic heterocycles. The maximum atomic E-state index is 12.3. The Morgan fingerprint density at radius 1 is 1.17 bits per heavy atom. The molecular formula is C17H18N6O. The van der Waals surface area contributed by atoms with Crippen LogP contribution >= 0.6 is 0 Å². The van der Waals surface area contributed by atoms with E-state index >= 15 is 0 Å². The van der Waals surface area contributed by atoms with Crippen molar-refractivity contribution in [1.29, 1.82) is 0 Å². The third kappa shape index (κ3) is 2.92.